The smallest absolute Gasteiger partial charge is 0.191 e. The third kappa shape index (κ3) is 5.79. The number of piperidine rings is 1. The minimum absolute atomic E-state index is 0.274. The molecule has 1 saturated heterocycles. The Balaban J connectivity index is 1.55. The van der Waals surface area contributed by atoms with Crippen LogP contribution in [0.2, 0.25) is 0 Å². The lowest BCUT2D eigenvalue weighted by Gasteiger charge is -2.26. The third-order valence-corrected chi connectivity index (χ3v) is 4.73. The number of benzene rings is 1. The molecule has 1 aliphatic heterocycles. The van der Waals surface area contributed by atoms with Crippen LogP contribution in [-0.2, 0) is 6.54 Å². The largest absolute Gasteiger partial charge is 0.357 e. The number of nitrogens with one attached hydrogen (secondary N) is 2. The monoisotopic (exact) mass is 372 g/mol. The summed E-state index contributed by atoms with van der Waals surface area (Å²) in [6.07, 6.45) is 8.90. The highest BCUT2D eigenvalue weighted by molar-refractivity contribution is 5.79. The fourth-order valence-electron chi connectivity index (χ4n) is 3.29. The van der Waals surface area contributed by atoms with Crippen molar-refractivity contribution in [2.75, 3.05) is 32.7 Å². The van der Waals surface area contributed by atoms with Crippen molar-refractivity contribution in [2.45, 2.75) is 32.7 Å². The van der Waals surface area contributed by atoms with Crippen LogP contribution in [0.15, 0.2) is 41.9 Å². The van der Waals surface area contributed by atoms with Crippen LogP contribution in [0, 0.1) is 5.82 Å². The van der Waals surface area contributed by atoms with Crippen LogP contribution in [0.5, 0.6) is 0 Å². The van der Waals surface area contributed by atoms with Crippen LogP contribution in [-0.4, -0.2) is 53.1 Å². The van der Waals surface area contributed by atoms with E-state index in [4.69, 9.17) is 0 Å². The molecule has 0 unspecified atom stereocenters. The second-order valence-corrected chi connectivity index (χ2v) is 6.78. The fourth-order valence-corrected chi connectivity index (χ4v) is 3.29. The van der Waals surface area contributed by atoms with Crippen molar-refractivity contribution < 1.29 is 4.39 Å². The van der Waals surface area contributed by atoms with Gasteiger partial charge in [-0.1, -0.05) is 12.5 Å². The first-order valence-electron chi connectivity index (χ1n) is 9.77. The van der Waals surface area contributed by atoms with Crippen molar-refractivity contribution in [3.63, 3.8) is 0 Å². The second-order valence-electron chi connectivity index (χ2n) is 6.78. The quantitative estimate of drug-likeness (QED) is 0.579. The van der Waals surface area contributed by atoms with E-state index in [9.17, 15) is 4.39 Å². The molecule has 0 bridgehead atoms. The van der Waals surface area contributed by atoms with Crippen molar-refractivity contribution in [3.05, 3.63) is 48.3 Å². The Labute approximate surface area is 160 Å². The molecule has 1 aromatic carbocycles. The Morgan fingerprint density at radius 2 is 2.07 bits per heavy atom. The SMILES string of the molecule is CCNC(=NCc1ccc(-n2ccnc2)c(F)c1)NCCN1CCCCC1. The van der Waals surface area contributed by atoms with Gasteiger partial charge in [0.1, 0.15) is 5.82 Å². The molecular formula is C20H29FN6. The number of aromatic nitrogens is 2. The number of rotatable bonds is 7. The average molecular weight is 372 g/mol. The summed E-state index contributed by atoms with van der Waals surface area (Å²) >= 11 is 0. The molecule has 2 heterocycles. The summed E-state index contributed by atoms with van der Waals surface area (Å²) in [7, 11) is 0. The van der Waals surface area contributed by atoms with E-state index in [2.05, 4.69) is 25.5 Å². The van der Waals surface area contributed by atoms with E-state index in [0.29, 0.717) is 12.2 Å². The maximum absolute atomic E-state index is 14.4. The summed E-state index contributed by atoms with van der Waals surface area (Å²) in [6, 6.07) is 5.20. The van der Waals surface area contributed by atoms with Gasteiger partial charge in [0.25, 0.3) is 0 Å². The number of nitrogens with zero attached hydrogens (tertiary/aromatic N) is 4. The van der Waals surface area contributed by atoms with Gasteiger partial charge in [-0.3, -0.25) is 0 Å². The molecule has 0 saturated carbocycles. The van der Waals surface area contributed by atoms with Gasteiger partial charge in [-0.25, -0.2) is 14.4 Å². The van der Waals surface area contributed by atoms with Crippen molar-refractivity contribution >= 4 is 5.96 Å². The van der Waals surface area contributed by atoms with Gasteiger partial charge in [-0.05, 0) is 50.6 Å². The van der Waals surface area contributed by atoms with Crippen molar-refractivity contribution in [3.8, 4) is 5.69 Å². The van der Waals surface area contributed by atoms with Crippen molar-refractivity contribution in [1.29, 1.82) is 0 Å². The standard InChI is InChI=1S/C20H29FN6/c1-2-23-20(24-9-12-26-10-4-3-5-11-26)25-15-17-6-7-19(18(21)14-17)27-13-8-22-16-27/h6-8,13-14,16H,2-5,9-12,15H2,1H3,(H2,23,24,25). The Bertz CT molecular complexity index is 722. The molecule has 1 aliphatic rings. The van der Waals surface area contributed by atoms with Crippen LogP contribution in [0.25, 0.3) is 5.69 Å². The molecule has 0 amide bonds. The highest BCUT2D eigenvalue weighted by Crippen LogP contribution is 2.15. The Morgan fingerprint density at radius 3 is 2.78 bits per heavy atom. The van der Waals surface area contributed by atoms with Gasteiger partial charge in [0.05, 0.1) is 18.6 Å². The molecule has 0 spiro atoms. The molecule has 0 atom stereocenters. The predicted octanol–water partition coefficient (Wildman–Crippen LogP) is 2.55. The molecule has 1 aromatic heterocycles. The van der Waals surface area contributed by atoms with Crippen molar-refractivity contribution in [2.24, 2.45) is 4.99 Å². The van der Waals surface area contributed by atoms with Crippen LogP contribution in [0.4, 0.5) is 4.39 Å². The molecule has 2 N–H and O–H groups in total. The zero-order valence-electron chi connectivity index (χ0n) is 16.0. The molecule has 7 heteroatoms. The van der Waals surface area contributed by atoms with Gasteiger partial charge < -0.3 is 20.1 Å². The molecule has 0 aliphatic carbocycles. The average Bonchev–Trinajstić information content (AvgIpc) is 3.21. The first kappa shape index (κ1) is 19.4. The van der Waals surface area contributed by atoms with Gasteiger partial charge >= 0.3 is 0 Å². The number of hydrogen-bond donors (Lipinski definition) is 2. The number of imidazole rings is 1. The molecule has 3 rings (SSSR count). The summed E-state index contributed by atoms with van der Waals surface area (Å²) in [5.74, 6) is 0.498. The molecule has 0 radical (unpaired) electrons. The number of guanidine groups is 1. The number of hydrogen-bond acceptors (Lipinski definition) is 3. The van der Waals surface area contributed by atoms with E-state index in [-0.39, 0.29) is 5.82 Å². The second kappa shape index (κ2) is 10.1. The lowest BCUT2D eigenvalue weighted by atomic mass is 10.1. The minimum Gasteiger partial charge on any atom is -0.357 e. The molecule has 6 nitrogen and oxygen atoms in total. The fraction of sp³-hybridized carbons (Fsp3) is 0.500. The van der Waals surface area contributed by atoms with E-state index in [1.165, 1.54) is 38.4 Å². The zero-order chi connectivity index (χ0) is 18.9. The molecule has 146 valence electrons. The van der Waals surface area contributed by atoms with Gasteiger partial charge in [-0.2, -0.15) is 0 Å². The predicted molar refractivity (Wildman–Crippen MR) is 107 cm³/mol. The Morgan fingerprint density at radius 1 is 1.22 bits per heavy atom. The summed E-state index contributed by atoms with van der Waals surface area (Å²) in [6.45, 7) is 7.54. The van der Waals surface area contributed by atoms with Crippen LogP contribution >= 0.6 is 0 Å². The lowest BCUT2D eigenvalue weighted by Crippen LogP contribution is -2.42. The van der Waals surface area contributed by atoms with E-state index >= 15 is 0 Å². The van der Waals surface area contributed by atoms with Crippen LogP contribution in [0.1, 0.15) is 31.7 Å². The zero-order valence-corrected chi connectivity index (χ0v) is 16.0. The maximum Gasteiger partial charge on any atom is 0.191 e. The number of likely N-dealkylation sites (tertiary alicyclic amines) is 1. The minimum atomic E-state index is -0.274. The molecule has 27 heavy (non-hydrogen) atoms. The van der Waals surface area contributed by atoms with E-state index < -0.39 is 0 Å². The first-order valence-corrected chi connectivity index (χ1v) is 9.77. The highest BCUT2D eigenvalue weighted by atomic mass is 19.1. The van der Waals surface area contributed by atoms with E-state index in [0.717, 1.165) is 31.2 Å². The van der Waals surface area contributed by atoms with Crippen molar-refractivity contribution in [1.82, 2.24) is 25.1 Å². The summed E-state index contributed by atoms with van der Waals surface area (Å²) < 4.78 is 16.0. The Hall–Kier alpha value is -2.41. The molecular weight excluding hydrogens is 343 g/mol. The topological polar surface area (TPSA) is 57.5 Å². The van der Waals surface area contributed by atoms with Crippen LogP contribution < -0.4 is 10.6 Å². The van der Waals surface area contributed by atoms with Crippen LogP contribution in [0.3, 0.4) is 0 Å². The number of aliphatic imine (C=N–C) groups is 1. The van der Waals surface area contributed by atoms with Gasteiger partial charge in [0.15, 0.2) is 5.96 Å². The summed E-state index contributed by atoms with van der Waals surface area (Å²) in [4.78, 5) is 11.0. The number of halogens is 1. The maximum atomic E-state index is 14.4. The van der Waals surface area contributed by atoms with Gasteiger partial charge in [0.2, 0.25) is 0 Å². The van der Waals surface area contributed by atoms with E-state index in [1.54, 1.807) is 29.4 Å². The summed E-state index contributed by atoms with van der Waals surface area (Å²) in [5, 5.41) is 6.63. The Kier molecular flexibility index (Phi) is 7.21. The first-order chi connectivity index (χ1) is 13.3. The summed E-state index contributed by atoms with van der Waals surface area (Å²) in [5.41, 5.74) is 1.33. The van der Waals surface area contributed by atoms with E-state index in [1.807, 2.05) is 13.0 Å². The third-order valence-electron chi connectivity index (χ3n) is 4.73. The normalized spacial score (nSPS) is 15.7. The van der Waals surface area contributed by atoms with Gasteiger partial charge in [0, 0.05) is 32.0 Å². The molecule has 1 fully saturated rings. The molecule has 2 aromatic rings. The highest BCUT2D eigenvalue weighted by Gasteiger charge is 2.09. The lowest BCUT2D eigenvalue weighted by molar-refractivity contribution is 0.232. The van der Waals surface area contributed by atoms with Gasteiger partial charge in [-0.15, -0.1) is 0 Å².